The molecular weight excluding hydrogens is 184 g/mol. The molecule has 1 saturated carbocycles. The predicted molar refractivity (Wildman–Crippen MR) is 53.3 cm³/mol. The van der Waals surface area contributed by atoms with Crippen LogP contribution in [0.5, 0.6) is 0 Å². The van der Waals surface area contributed by atoms with E-state index in [2.05, 4.69) is 0 Å². The van der Waals surface area contributed by atoms with Gasteiger partial charge in [0.15, 0.2) is 9.84 Å². The summed E-state index contributed by atoms with van der Waals surface area (Å²) in [6.45, 7) is 0. The first-order valence-electron chi connectivity index (χ1n) is 5.38. The molecular formula is C10H18O2S. The molecule has 2 fully saturated rings. The van der Waals surface area contributed by atoms with Crippen molar-refractivity contribution >= 4 is 9.84 Å². The lowest BCUT2D eigenvalue weighted by Gasteiger charge is -2.26. The molecule has 2 rings (SSSR count). The lowest BCUT2D eigenvalue weighted by molar-refractivity contribution is 0.268. The molecule has 1 atom stereocenters. The first-order chi connectivity index (χ1) is 6.17. The molecule has 0 N–H and O–H groups in total. The highest BCUT2D eigenvalue weighted by Crippen LogP contribution is 2.35. The fourth-order valence-corrected chi connectivity index (χ4v) is 4.72. The van der Waals surface area contributed by atoms with Gasteiger partial charge in [-0.1, -0.05) is 32.1 Å². The zero-order chi connectivity index (χ0) is 9.31. The van der Waals surface area contributed by atoms with Crippen LogP contribution < -0.4 is 0 Å². The van der Waals surface area contributed by atoms with Gasteiger partial charge in [0, 0.05) is 0 Å². The van der Waals surface area contributed by atoms with E-state index in [4.69, 9.17) is 0 Å². The monoisotopic (exact) mass is 202 g/mol. The van der Waals surface area contributed by atoms with Crippen LogP contribution in [0.25, 0.3) is 0 Å². The van der Waals surface area contributed by atoms with Crippen LogP contribution in [0.15, 0.2) is 0 Å². The second-order valence-electron chi connectivity index (χ2n) is 4.56. The van der Waals surface area contributed by atoms with Crippen LogP contribution in [-0.2, 0) is 9.84 Å². The van der Waals surface area contributed by atoms with E-state index in [1.165, 1.54) is 32.1 Å². The Morgan fingerprint density at radius 3 is 2.08 bits per heavy atom. The van der Waals surface area contributed by atoms with Crippen LogP contribution in [-0.4, -0.2) is 19.9 Å². The van der Waals surface area contributed by atoms with Crippen molar-refractivity contribution in [2.24, 2.45) is 11.8 Å². The topological polar surface area (TPSA) is 34.1 Å². The zero-order valence-corrected chi connectivity index (χ0v) is 8.85. The van der Waals surface area contributed by atoms with Gasteiger partial charge in [-0.3, -0.25) is 0 Å². The van der Waals surface area contributed by atoms with Crippen LogP contribution in [0, 0.1) is 11.8 Å². The first-order valence-corrected chi connectivity index (χ1v) is 7.20. The molecule has 13 heavy (non-hydrogen) atoms. The number of hydrogen-bond donors (Lipinski definition) is 0. The number of sulfone groups is 1. The molecule has 0 aromatic carbocycles. The van der Waals surface area contributed by atoms with Gasteiger partial charge in [0.2, 0.25) is 0 Å². The normalized spacial score (nSPS) is 34.9. The molecule has 3 heteroatoms. The van der Waals surface area contributed by atoms with Gasteiger partial charge in [0.25, 0.3) is 0 Å². The summed E-state index contributed by atoms with van der Waals surface area (Å²) in [5, 5.41) is 0. The Hall–Kier alpha value is -0.0500. The molecule has 1 heterocycles. The van der Waals surface area contributed by atoms with Crippen molar-refractivity contribution in [1.82, 2.24) is 0 Å². The van der Waals surface area contributed by atoms with Crippen molar-refractivity contribution < 1.29 is 8.42 Å². The van der Waals surface area contributed by atoms with Crippen LogP contribution in [0.2, 0.25) is 0 Å². The van der Waals surface area contributed by atoms with Gasteiger partial charge in [0.1, 0.15) is 0 Å². The molecule has 0 aromatic heterocycles. The smallest absolute Gasteiger partial charge is 0.150 e. The Kier molecular flexibility index (Phi) is 2.63. The van der Waals surface area contributed by atoms with Gasteiger partial charge in [-0.05, 0) is 18.3 Å². The third-order valence-corrected chi connectivity index (χ3v) is 5.38. The maximum absolute atomic E-state index is 11.3. The third kappa shape index (κ3) is 2.25. The van der Waals surface area contributed by atoms with Crippen molar-refractivity contribution in [1.29, 1.82) is 0 Å². The Morgan fingerprint density at radius 1 is 0.846 bits per heavy atom. The second kappa shape index (κ2) is 3.60. The highest BCUT2D eigenvalue weighted by molar-refractivity contribution is 7.91. The fourth-order valence-electron chi connectivity index (χ4n) is 2.80. The maximum Gasteiger partial charge on any atom is 0.150 e. The molecule has 0 spiro atoms. The molecule has 76 valence electrons. The molecule has 0 radical (unpaired) electrons. The SMILES string of the molecule is O=S1(=O)CCC(C2CCCCC2)C1. The van der Waals surface area contributed by atoms with Crippen LogP contribution in [0.4, 0.5) is 0 Å². The van der Waals surface area contributed by atoms with Gasteiger partial charge in [-0.2, -0.15) is 0 Å². The summed E-state index contributed by atoms with van der Waals surface area (Å²) in [6, 6.07) is 0. The first kappa shape index (κ1) is 9.50. The molecule has 2 aliphatic rings. The van der Waals surface area contributed by atoms with Gasteiger partial charge in [-0.15, -0.1) is 0 Å². The van der Waals surface area contributed by atoms with Gasteiger partial charge in [-0.25, -0.2) is 8.42 Å². The van der Waals surface area contributed by atoms with E-state index in [1.54, 1.807) is 0 Å². The fraction of sp³-hybridized carbons (Fsp3) is 1.00. The molecule has 1 aliphatic heterocycles. The van der Waals surface area contributed by atoms with Crippen LogP contribution >= 0.6 is 0 Å². The van der Waals surface area contributed by atoms with E-state index >= 15 is 0 Å². The van der Waals surface area contributed by atoms with Crippen LogP contribution in [0.3, 0.4) is 0 Å². The van der Waals surface area contributed by atoms with Gasteiger partial charge < -0.3 is 0 Å². The molecule has 1 unspecified atom stereocenters. The summed E-state index contributed by atoms with van der Waals surface area (Å²) < 4.78 is 22.6. The van der Waals surface area contributed by atoms with E-state index < -0.39 is 9.84 Å². The van der Waals surface area contributed by atoms with E-state index in [-0.39, 0.29) is 0 Å². The van der Waals surface area contributed by atoms with Crippen molar-refractivity contribution in [2.45, 2.75) is 38.5 Å². The third-order valence-electron chi connectivity index (χ3n) is 3.58. The number of hydrogen-bond acceptors (Lipinski definition) is 2. The standard InChI is InChI=1S/C10H18O2S/c11-13(12)7-6-10(8-13)9-4-2-1-3-5-9/h9-10H,1-8H2. The van der Waals surface area contributed by atoms with Crippen molar-refractivity contribution in [3.8, 4) is 0 Å². The predicted octanol–water partition coefficient (Wildman–Crippen LogP) is 2.00. The van der Waals surface area contributed by atoms with Gasteiger partial charge >= 0.3 is 0 Å². The molecule has 0 aromatic rings. The number of rotatable bonds is 1. The summed E-state index contributed by atoms with van der Waals surface area (Å²) in [6.07, 6.45) is 7.49. The highest BCUT2D eigenvalue weighted by atomic mass is 32.2. The van der Waals surface area contributed by atoms with Gasteiger partial charge in [0.05, 0.1) is 11.5 Å². The quantitative estimate of drug-likeness (QED) is 0.651. The zero-order valence-electron chi connectivity index (χ0n) is 8.04. The maximum atomic E-state index is 11.3. The highest BCUT2D eigenvalue weighted by Gasteiger charge is 2.33. The summed E-state index contributed by atoms with van der Waals surface area (Å²) in [5.41, 5.74) is 0. The summed E-state index contributed by atoms with van der Waals surface area (Å²) >= 11 is 0. The van der Waals surface area contributed by atoms with Crippen molar-refractivity contribution in [3.05, 3.63) is 0 Å². The lowest BCUT2D eigenvalue weighted by atomic mass is 9.80. The van der Waals surface area contributed by atoms with E-state index in [1.807, 2.05) is 0 Å². The Bertz CT molecular complexity index is 263. The minimum Gasteiger partial charge on any atom is -0.229 e. The van der Waals surface area contributed by atoms with Crippen molar-refractivity contribution in [3.63, 3.8) is 0 Å². The molecule has 0 bridgehead atoms. The average Bonchev–Trinajstić information content (AvgIpc) is 2.48. The average molecular weight is 202 g/mol. The second-order valence-corrected chi connectivity index (χ2v) is 6.79. The largest absolute Gasteiger partial charge is 0.229 e. The Morgan fingerprint density at radius 2 is 1.54 bits per heavy atom. The van der Waals surface area contributed by atoms with E-state index in [0.717, 1.165) is 12.3 Å². The Balaban J connectivity index is 1.95. The van der Waals surface area contributed by atoms with E-state index in [9.17, 15) is 8.42 Å². The minimum absolute atomic E-state index is 0.453. The molecule has 1 aliphatic carbocycles. The van der Waals surface area contributed by atoms with Crippen molar-refractivity contribution in [2.75, 3.05) is 11.5 Å². The molecule has 1 saturated heterocycles. The summed E-state index contributed by atoms with van der Waals surface area (Å²) in [7, 11) is -2.64. The Labute approximate surface area is 80.6 Å². The minimum atomic E-state index is -2.64. The van der Waals surface area contributed by atoms with E-state index in [0.29, 0.717) is 17.4 Å². The summed E-state index contributed by atoms with van der Waals surface area (Å²) in [4.78, 5) is 0. The van der Waals surface area contributed by atoms with Crippen LogP contribution in [0.1, 0.15) is 38.5 Å². The lowest BCUT2D eigenvalue weighted by Crippen LogP contribution is -2.18. The molecule has 0 amide bonds. The molecule has 2 nitrogen and oxygen atoms in total. The summed E-state index contributed by atoms with van der Waals surface area (Å²) in [5.74, 6) is 2.17.